The van der Waals surface area contributed by atoms with Crippen LogP contribution in [0.25, 0.3) is 0 Å². The van der Waals surface area contributed by atoms with Crippen LogP contribution in [0, 0.1) is 0 Å². The van der Waals surface area contributed by atoms with Gasteiger partial charge in [0, 0.05) is 20.1 Å². The summed E-state index contributed by atoms with van der Waals surface area (Å²) in [6.45, 7) is 0.942. The fraction of sp³-hybridized carbons (Fsp3) is 0.316. The first-order valence-corrected chi connectivity index (χ1v) is 10.1. The average molecular weight is 503 g/mol. The lowest BCUT2D eigenvalue weighted by Gasteiger charge is -2.13. The number of nitrogens with one attached hydrogen (secondary N) is 2. The molecule has 0 aliphatic rings. The minimum atomic E-state index is -3.30. The van der Waals surface area contributed by atoms with Crippen molar-refractivity contribution < 1.29 is 13.2 Å². The van der Waals surface area contributed by atoms with Gasteiger partial charge in [0.05, 0.1) is 17.8 Å². The lowest BCUT2D eigenvalue weighted by molar-refractivity contribution is 0.409. The van der Waals surface area contributed by atoms with Crippen LogP contribution in [0.2, 0.25) is 0 Å². The van der Waals surface area contributed by atoms with Crippen LogP contribution in [-0.2, 0) is 16.3 Å². The largest absolute Gasteiger partial charge is 0.496 e. The second kappa shape index (κ2) is 11.8. The van der Waals surface area contributed by atoms with Crippen LogP contribution in [0.1, 0.15) is 5.56 Å². The molecule has 0 saturated carbocycles. The summed E-state index contributed by atoms with van der Waals surface area (Å²) in [5.41, 5.74) is 1.10. The maximum absolute atomic E-state index is 12.3. The van der Waals surface area contributed by atoms with Crippen LogP contribution >= 0.6 is 24.0 Å². The van der Waals surface area contributed by atoms with Crippen molar-refractivity contribution in [2.24, 2.45) is 4.99 Å². The summed E-state index contributed by atoms with van der Waals surface area (Å²) in [5, 5.41) is 6.22. The highest BCUT2D eigenvalue weighted by Crippen LogP contribution is 2.17. The van der Waals surface area contributed by atoms with Gasteiger partial charge < -0.3 is 15.4 Å². The normalized spacial score (nSPS) is 11.4. The van der Waals surface area contributed by atoms with Crippen molar-refractivity contribution in [3.8, 4) is 5.75 Å². The summed E-state index contributed by atoms with van der Waals surface area (Å²) in [7, 11) is 0.0111. The number of benzene rings is 2. The fourth-order valence-corrected chi connectivity index (χ4v) is 3.67. The van der Waals surface area contributed by atoms with E-state index in [9.17, 15) is 8.42 Å². The van der Waals surface area contributed by atoms with Gasteiger partial charge in [-0.15, -0.1) is 24.0 Å². The number of halogens is 1. The first-order valence-electron chi connectivity index (χ1n) is 8.41. The monoisotopic (exact) mass is 503 g/mol. The number of sulfone groups is 1. The van der Waals surface area contributed by atoms with Gasteiger partial charge in [0.15, 0.2) is 15.8 Å². The van der Waals surface area contributed by atoms with Gasteiger partial charge in [0.1, 0.15) is 5.75 Å². The Labute approximate surface area is 178 Å². The van der Waals surface area contributed by atoms with E-state index in [1.807, 2.05) is 24.3 Å². The number of ether oxygens (including phenoxy) is 1. The van der Waals surface area contributed by atoms with Gasteiger partial charge in [-0.1, -0.05) is 36.4 Å². The van der Waals surface area contributed by atoms with Crippen molar-refractivity contribution in [1.82, 2.24) is 10.6 Å². The quantitative estimate of drug-likeness (QED) is 0.329. The molecule has 0 heterocycles. The third-order valence-electron chi connectivity index (χ3n) is 3.87. The Kier molecular flexibility index (Phi) is 10.2. The first-order chi connectivity index (χ1) is 12.6. The smallest absolute Gasteiger partial charge is 0.191 e. The van der Waals surface area contributed by atoms with Gasteiger partial charge in [-0.05, 0) is 30.2 Å². The fourth-order valence-electron chi connectivity index (χ4n) is 2.50. The average Bonchev–Trinajstić information content (AvgIpc) is 2.67. The van der Waals surface area contributed by atoms with Gasteiger partial charge in [-0.25, -0.2) is 8.42 Å². The highest BCUT2D eigenvalue weighted by atomic mass is 127. The SMILES string of the molecule is CN=C(NCCc1ccccc1OC)NCCS(=O)(=O)c1ccccc1.I. The molecule has 8 heteroatoms. The van der Waals surface area contributed by atoms with Crippen molar-refractivity contribution in [2.75, 3.05) is 33.0 Å². The standard InChI is InChI=1S/C19H25N3O3S.HI/c1-20-19(21-13-12-16-8-6-7-11-18(16)25-2)22-14-15-26(23,24)17-9-4-3-5-10-17;/h3-11H,12-15H2,1-2H3,(H2,20,21,22);1H. The molecule has 0 saturated heterocycles. The lowest BCUT2D eigenvalue weighted by atomic mass is 10.1. The molecule has 0 fully saturated rings. The van der Waals surface area contributed by atoms with Crippen molar-refractivity contribution >= 4 is 39.8 Å². The third-order valence-corrected chi connectivity index (χ3v) is 5.60. The van der Waals surface area contributed by atoms with Gasteiger partial charge in [0.25, 0.3) is 0 Å². The van der Waals surface area contributed by atoms with E-state index in [1.54, 1.807) is 44.5 Å². The van der Waals surface area contributed by atoms with Crippen LogP contribution in [-0.4, -0.2) is 47.4 Å². The van der Waals surface area contributed by atoms with Crippen molar-refractivity contribution in [1.29, 1.82) is 0 Å². The van der Waals surface area contributed by atoms with E-state index >= 15 is 0 Å². The van der Waals surface area contributed by atoms with Gasteiger partial charge in [0.2, 0.25) is 0 Å². The zero-order valence-corrected chi connectivity index (χ0v) is 18.7. The summed E-state index contributed by atoms with van der Waals surface area (Å²) >= 11 is 0. The number of nitrogens with zero attached hydrogens (tertiary/aromatic N) is 1. The maximum atomic E-state index is 12.3. The molecule has 27 heavy (non-hydrogen) atoms. The Morgan fingerprint density at radius 1 is 1.00 bits per heavy atom. The van der Waals surface area contributed by atoms with E-state index in [4.69, 9.17) is 4.74 Å². The van der Waals surface area contributed by atoms with E-state index in [1.165, 1.54) is 0 Å². The zero-order chi connectivity index (χ0) is 18.8. The summed E-state index contributed by atoms with van der Waals surface area (Å²) in [6.07, 6.45) is 0.771. The molecule has 2 aromatic rings. The van der Waals surface area contributed by atoms with Gasteiger partial charge in [-0.2, -0.15) is 0 Å². The molecule has 0 atom stereocenters. The van der Waals surface area contributed by atoms with Crippen LogP contribution in [0.15, 0.2) is 64.5 Å². The molecule has 2 aromatic carbocycles. The Morgan fingerprint density at radius 3 is 2.30 bits per heavy atom. The zero-order valence-electron chi connectivity index (χ0n) is 15.5. The number of aliphatic imine (C=N–C) groups is 1. The molecule has 0 unspecified atom stereocenters. The Morgan fingerprint density at radius 2 is 1.63 bits per heavy atom. The maximum Gasteiger partial charge on any atom is 0.191 e. The minimum Gasteiger partial charge on any atom is -0.496 e. The van der Waals surface area contributed by atoms with E-state index in [0.717, 1.165) is 17.7 Å². The highest BCUT2D eigenvalue weighted by Gasteiger charge is 2.13. The molecule has 0 aliphatic heterocycles. The molecule has 0 radical (unpaired) electrons. The Balaban J connectivity index is 0.00000364. The van der Waals surface area contributed by atoms with E-state index in [2.05, 4.69) is 15.6 Å². The molecular weight excluding hydrogens is 477 g/mol. The predicted octanol–water partition coefficient (Wildman–Crippen LogP) is 2.49. The second-order valence-corrected chi connectivity index (χ2v) is 7.73. The number of hydrogen-bond acceptors (Lipinski definition) is 4. The molecule has 0 amide bonds. The number of guanidine groups is 1. The Bertz CT molecular complexity index is 827. The lowest BCUT2D eigenvalue weighted by Crippen LogP contribution is -2.40. The molecule has 0 bridgehead atoms. The third kappa shape index (κ3) is 7.37. The van der Waals surface area contributed by atoms with Gasteiger partial charge >= 0.3 is 0 Å². The van der Waals surface area contributed by atoms with E-state index < -0.39 is 9.84 Å². The molecule has 0 spiro atoms. The number of methoxy groups -OCH3 is 1. The van der Waals surface area contributed by atoms with E-state index in [0.29, 0.717) is 17.4 Å². The Hall–Kier alpha value is -1.81. The van der Waals surface area contributed by atoms with Crippen LogP contribution in [0.3, 0.4) is 0 Å². The molecular formula is C19H26IN3O3S. The van der Waals surface area contributed by atoms with Crippen molar-refractivity contribution in [3.63, 3.8) is 0 Å². The number of rotatable bonds is 8. The molecule has 2 N–H and O–H groups in total. The molecule has 6 nitrogen and oxygen atoms in total. The van der Waals surface area contributed by atoms with Crippen LogP contribution < -0.4 is 15.4 Å². The topological polar surface area (TPSA) is 79.8 Å². The first kappa shape index (κ1) is 23.2. The number of para-hydroxylation sites is 1. The molecule has 148 valence electrons. The van der Waals surface area contributed by atoms with Crippen LogP contribution in [0.5, 0.6) is 5.75 Å². The summed E-state index contributed by atoms with van der Waals surface area (Å²) in [5.74, 6) is 1.43. The molecule has 0 aromatic heterocycles. The molecule has 0 aliphatic carbocycles. The summed E-state index contributed by atoms with van der Waals surface area (Å²) in [4.78, 5) is 4.46. The second-order valence-electron chi connectivity index (χ2n) is 5.62. The summed E-state index contributed by atoms with van der Waals surface area (Å²) in [6, 6.07) is 16.3. The predicted molar refractivity (Wildman–Crippen MR) is 120 cm³/mol. The van der Waals surface area contributed by atoms with Crippen molar-refractivity contribution in [2.45, 2.75) is 11.3 Å². The number of hydrogen-bond donors (Lipinski definition) is 2. The van der Waals surface area contributed by atoms with Crippen molar-refractivity contribution in [3.05, 3.63) is 60.2 Å². The van der Waals surface area contributed by atoms with Gasteiger partial charge in [-0.3, -0.25) is 4.99 Å². The van der Waals surface area contributed by atoms with Crippen LogP contribution in [0.4, 0.5) is 0 Å². The minimum absolute atomic E-state index is 0. The highest BCUT2D eigenvalue weighted by molar-refractivity contribution is 14.0. The summed E-state index contributed by atoms with van der Waals surface area (Å²) < 4.78 is 29.8. The molecule has 2 rings (SSSR count). The van der Waals surface area contributed by atoms with E-state index in [-0.39, 0.29) is 36.3 Å².